The van der Waals surface area contributed by atoms with E-state index in [9.17, 15) is 4.79 Å². The molecule has 0 bridgehead atoms. The van der Waals surface area contributed by atoms with E-state index in [-0.39, 0.29) is 6.09 Å². The number of ether oxygens (including phenoxy) is 1. The molecule has 104 valence electrons. The number of fused-ring (bicyclic) bond motifs is 1. The summed E-state index contributed by atoms with van der Waals surface area (Å²) in [7, 11) is 0. The van der Waals surface area contributed by atoms with E-state index in [1.54, 1.807) is 0 Å². The largest absolute Gasteiger partial charge is 0.444 e. The predicted octanol–water partition coefficient (Wildman–Crippen LogP) is 3.68. The maximum atomic E-state index is 12.1. The van der Waals surface area contributed by atoms with Crippen LogP contribution in [0.2, 0.25) is 0 Å². The summed E-state index contributed by atoms with van der Waals surface area (Å²) < 4.78 is 5.46. The highest BCUT2D eigenvalue weighted by molar-refractivity contribution is 5.68. The van der Waals surface area contributed by atoms with Crippen molar-refractivity contribution in [2.24, 2.45) is 0 Å². The average molecular weight is 261 g/mol. The molecule has 0 fully saturated rings. The Morgan fingerprint density at radius 1 is 1.26 bits per heavy atom. The van der Waals surface area contributed by atoms with E-state index in [0.29, 0.717) is 6.54 Å². The second kappa shape index (κ2) is 5.24. The second-order valence-corrected chi connectivity index (χ2v) is 6.28. The van der Waals surface area contributed by atoms with Crippen LogP contribution in [0, 0.1) is 6.92 Å². The van der Waals surface area contributed by atoms with Crippen LogP contribution in [0.25, 0.3) is 0 Å². The Kier molecular flexibility index (Phi) is 3.83. The van der Waals surface area contributed by atoms with Crippen molar-refractivity contribution in [3.8, 4) is 0 Å². The van der Waals surface area contributed by atoms with Crippen molar-refractivity contribution in [3.63, 3.8) is 0 Å². The molecule has 0 saturated heterocycles. The summed E-state index contributed by atoms with van der Waals surface area (Å²) in [5.74, 6) is 0. The molecule has 0 unspecified atom stereocenters. The van der Waals surface area contributed by atoms with Crippen molar-refractivity contribution in [3.05, 3.63) is 34.9 Å². The van der Waals surface area contributed by atoms with Crippen molar-refractivity contribution in [1.82, 2.24) is 4.90 Å². The lowest BCUT2D eigenvalue weighted by Gasteiger charge is -2.26. The molecule has 1 heterocycles. The monoisotopic (exact) mass is 261 g/mol. The van der Waals surface area contributed by atoms with Crippen molar-refractivity contribution in [1.29, 1.82) is 0 Å². The number of amides is 1. The molecule has 3 nitrogen and oxygen atoms in total. The zero-order valence-corrected chi connectivity index (χ0v) is 12.3. The van der Waals surface area contributed by atoms with Crippen molar-refractivity contribution >= 4 is 6.09 Å². The SMILES string of the molecule is Cc1ccc2c(c1)CCCN(C(=O)OC(C)(C)C)C2. The van der Waals surface area contributed by atoms with Crippen LogP contribution in [-0.4, -0.2) is 23.1 Å². The first-order valence-corrected chi connectivity index (χ1v) is 6.91. The minimum atomic E-state index is -0.431. The van der Waals surface area contributed by atoms with Crippen LogP contribution in [0.15, 0.2) is 18.2 Å². The summed E-state index contributed by atoms with van der Waals surface area (Å²) in [6.45, 7) is 9.24. The third kappa shape index (κ3) is 3.72. The first-order chi connectivity index (χ1) is 8.85. The number of benzene rings is 1. The van der Waals surface area contributed by atoms with Gasteiger partial charge in [-0.1, -0.05) is 23.8 Å². The fourth-order valence-electron chi connectivity index (χ4n) is 2.37. The fraction of sp³-hybridized carbons (Fsp3) is 0.562. The molecular formula is C16H23NO2. The van der Waals surface area contributed by atoms with Gasteiger partial charge in [0, 0.05) is 13.1 Å². The Morgan fingerprint density at radius 3 is 2.68 bits per heavy atom. The smallest absolute Gasteiger partial charge is 0.410 e. The Hall–Kier alpha value is -1.51. The highest BCUT2D eigenvalue weighted by Crippen LogP contribution is 2.21. The maximum absolute atomic E-state index is 12.1. The molecular weight excluding hydrogens is 238 g/mol. The summed E-state index contributed by atoms with van der Waals surface area (Å²) in [4.78, 5) is 14.0. The van der Waals surface area contributed by atoms with Crippen LogP contribution in [0.5, 0.6) is 0 Å². The Morgan fingerprint density at radius 2 is 2.00 bits per heavy atom. The molecule has 3 heteroatoms. The molecule has 1 amide bonds. The fourth-order valence-corrected chi connectivity index (χ4v) is 2.37. The van der Waals surface area contributed by atoms with Crippen molar-refractivity contribution in [2.45, 2.75) is 52.7 Å². The van der Waals surface area contributed by atoms with E-state index < -0.39 is 5.60 Å². The molecule has 0 saturated carbocycles. The standard InChI is InChI=1S/C16H23NO2/c1-12-7-8-14-11-17(9-5-6-13(14)10-12)15(18)19-16(2,3)4/h7-8,10H,5-6,9,11H2,1-4H3. The third-order valence-corrected chi connectivity index (χ3v) is 3.25. The van der Waals surface area contributed by atoms with Gasteiger partial charge in [0.2, 0.25) is 0 Å². The molecule has 1 aliphatic heterocycles. The first-order valence-electron chi connectivity index (χ1n) is 6.91. The van der Waals surface area contributed by atoms with Gasteiger partial charge < -0.3 is 9.64 Å². The van der Waals surface area contributed by atoms with Gasteiger partial charge in [-0.3, -0.25) is 0 Å². The molecule has 0 spiro atoms. The van der Waals surface area contributed by atoms with Crippen molar-refractivity contribution < 1.29 is 9.53 Å². The zero-order chi connectivity index (χ0) is 14.0. The lowest BCUT2D eigenvalue weighted by Crippen LogP contribution is -2.36. The summed E-state index contributed by atoms with van der Waals surface area (Å²) in [5.41, 5.74) is 3.46. The normalized spacial score (nSPS) is 15.7. The number of carbonyl (C=O) groups is 1. The summed E-state index contributed by atoms with van der Waals surface area (Å²) in [5, 5.41) is 0. The molecule has 1 aromatic rings. The van der Waals surface area contributed by atoms with Crippen LogP contribution in [0.4, 0.5) is 4.79 Å². The number of carbonyl (C=O) groups excluding carboxylic acids is 1. The molecule has 0 radical (unpaired) electrons. The first kappa shape index (κ1) is 13.9. The summed E-state index contributed by atoms with van der Waals surface area (Å²) >= 11 is 0. The van der Waals surface area contributed by atoms with Crippen LogP contribution >= 0.6 is 0 Å². The molecule has 0 aromatic heterocycles. The van der Waals surface area contributed by atoms with Gasteiger partial charge in [0.25, 0.3) is 0 Å². The van der Waals surface area contributed by atoms with Crippen LogP contribution in [0.3, 0.4) is 0 Å². The van der Waals surface area contributed by atoms with Gasteiger partial charge >= 0.3 is 6.09 Å². The lowest BCUT2D eigenvalue weighted by atomic mass is 10.0. The molecule has 0 N–H and O–H groups in total. The van der Waals surface area contributed by atoms with E-state index in [1.165, 1.54) is 16.7 Å². The van der Waals surface area contributed by atoms with Gasteiger partial charge in [-0.2, -0.15) is 0 Å². The minimum absolute atomic E-state index is 0.207. The van der Waals surface area contributed by atoms with E-state index >= 15 is 0 Å². The van der Waals surface area contributed by atoms with E-state index in [4.69, 9.17) is 4.74 Å². The van der Waals surface area contributed by atoms with Crippen LogP contribution in [0.1, 0.15) is 43.9 Å². The topological polar surface area (TPSA) is 29.5 Å². The molecule has 0 aliphatic carbocycles. The lowest BCUT2D eigenvalue weighted by molar-refractivity contribution is 0.0237. The summed E-state index contributed by atoms with van der Waals surface area (Å²) in [6, 6.07) is 6.47. The van der Waals surface area contributed by atoms with Gasteiger partial charge in [0.1, 0.15) is 5.60 Å². The predicted molar refractivity (Wildman–Crippen MR) is 76.1 cm³/mol. The van der Waals surface area contributed by atoms with E-state index in [1.807, 2.05) is 25.7 Å². The van der Waals surface area contributed by atoms with Crippen LogP contribution < -0.4 is 0 Å². The number of hydrogen-bond donors (Lipinski definition) is 0. The molecule has 1 aliphatic rings. The summed E-state index contributed by atoms with van der Waals surface area (Å²) in [6.07, 6.45) is 1.83. The number of rotatable bonds is 0. The van der Waals surface area contributed by atoms with Gasteiger partial charge in [-0.25, -0.2) is 4.79 Å². The van der Waals surface area contributed by atoms with Gasteiger partial charge in [0.05, 0.1) is 0 Å². The molecule has 19 heavy (non-hydrogen) atoms. The molecule has 2 rings (SSSR count). The van der Waals surface area contributed by atoms with E-state index in [0.717, 1.165) is 19.4 Å². The van der Waals surface area contributed by atoms with Gasteiger partial charge in [0.15, 0.2) is 0 Å². The van der Waals surface area contributed by atoms with Crippen molar-refractivity contribution in [2.75, 3.05) is 6.54 Å². The van der Waals surface area contributed by atoms with Gasteiger partial charge in [-0.05, 0) is 51.7 Å². The second-order valence-electron chi connectivity index (χ2n) is 6.28. The zero-order valence-electron chi connectivity index (χ0n) is 12.3. The molecule has 1 aromatic carbocycles. The van der Waals surface area contributed by atoms with Gasteiger partial charge in [-0.15, -0.1) is 0 Å². The highest BCUT2D eigenvalue weighted by atomic mass is 16.6. The number of aryl methyl sites for hydroxylation is 2. The highest BCUT2D eigenvalue weighted by Gasteiger charge is 2.24. The Balaban J connectivity index is 2.13. The minimum Gasteiger partial charge on any atom is -0.444 e. The maximum Gasteiger partial charge on any atom is 0.410 e. The molecule has 0 atom stereocenters. The quantitative estimate of drug-likeness (QED) is 0.713. The van der Waals surface area contributed by atoms with E-state index in [2.05, 4.69) is 25.1 Å². The average Bonchev–Trinajstić information content (AvgIpc) is 2.48. The van der Waals surface area contributed by atoms with Crippen LogP contribution in [-0.2, 0) is 17.7 Å². The third-order valence-electron chi connectivity index (χ3n) is 3.25. The Labute approximate surface area is 115 Å². The Bertz CT molecular complexity index is 474. The number of nitrogens with zero attached hydrogens (tertiary/aromatic N) is 1. The number of hydrogen-bond acceptors (Lipinski definition) is 2.